The van der Waals surface area contributed by atoms with Gasteiger partial charge in [-0.25, -0.2) is 0 Å². The quantitative estimate of drug-likeness (QED) is 0.698. The van der Waals surface area contributed by atoms with E-state index in [4.69, 9.17) is 0 Å². The Kier molecular flexibility index (Phi) is 3.93. The predicted molar refractivity (Wildman–Crippen MR) is 61.6 cm³/mol. The number of hydrogen-bond acceptors (Lipinski definition) is 3. The third-order valence-electron chi connectivity index (χ3n) is 2.68. The van der Waals surface area contributed by atoms with Gasteiger partial charge in [-0.1, -0.05) is 13.8 Å². The maximum absolute atomic E-state index is 3.65. The molecule has 1 fully saturated rings. The van der Waals surface area contributed by atoms with Gasteiger partial charge in [0.05, 0.1) is 0 Å². The molecule has 84 valence electrons. The lowest BCUT2D eigenvalue weighted by molar-refractivity contribution is 0.233. The number of nitrogens with one attached hydrogen (secondary N) is 1. The van der Waals surface area contributed by atoms with Gasteiger partial charge in [-0.2, -0.15) is 0 Å². The molecule has 3 heteroatoms. The van der Waals surface area contributed by atoms with Crippen LogP contribution in [0.3, 0.4) is 0 Å². The molecule has 14 heavy (non-hydrogen) atoms. The second kappa shape index (κ2) is 4.60. The largest absolute Gasteiger partial charge is 0.311 e. The summed E-state index contributed by atoms with van der Waals surface area (Å²) in [7, 11) is 6.49. The van der Waals surface area contributed by atoms with Crippen molar-refractivity contribution in [1.82, 2.24) is 15.1 Å². The van der Waals surface area contributed by atoms with Crippen LogP contribution in [-0.4, -0.2) is 63.2 Å². The molecule has 1 N–H and O–H groups in total. The van der Waals surface area contributed by atoms with Crippen LogP contribution in [-0.2, 0) is 0 Å². The normalized spacial score (nSPS) is 29.1. The fraction of sp³-hybridized carbons (Fsp3) is 1.00. The third-order valence-corrected chi connectivity index (χ3v) is 2.68. The molecule has 1 atom stereocenters. The predicted octanol–water partition coefficient (Wildman–Crippen LogP) is 0.478. The molecule has 1 heterocycles. The maximum Gasteiger partial charge on any atom is 0.0322 e. The Morgan fingerprint density at radius 1 is 1.43 bits per heavy atom. The van der Waals surface area contributed by atoms with Crippen molar-refractivity contribution >= 4 is 0 Å². The van der Waals surface area contributed by atoms with E-state index < -0.39 is 0 Å². The number of hydrogen-bond donors (Lipinski definition) is 1. The highest BCUT2D eigenvalue weighted by molar-refractivity contribution is 4.85. The zero-order chi connectivity index (χ0) is 10.8. The lowest BCUT2D eigenvalue weighted by atomic mass is 9.93. The van der Waals surface area contributed by atoms with Crippen LogP contribution in [0.4, 0.5) is 0 Å². The summed E-state index contributed by atoms with van der Waals surface area (Å²) < 4.78 is 0. The van der Waals surface area contributed by atoms with Gasteiger partial charge in [0.15, 0.2) is 0 Å². The van der Waals surface area contributed by atoms with Crippen molar-refractivity contribution in [1.29, 1.82) is 0 Å². The number of rotatable bonds is 2. The van der Waals surface area contributed by atoms with Crippen LogP contribution in [0.2, 0.25) is 0 Å². The second-order valence-corrected chi connectivity index (χ2v) is 5.70. The SMILES string of the molecule is CN(C)CC1CN(C)CC(C)(C)CN1. The molecule has 0 aromatic heterocycles. The molecule has 0 radical (unpaired) electrons. The van der Waals surface area contributed by atoms with Crippen molar-refractivity contribution in [3.63, 3.8) is 0 Å². The summed E-state index contributed by atoms with van der Waals surface area (Å²) in [6.45, 7) is 9.24. The molecular formula is C11H25N3. The molecule has 1 unspecified atom stereocenters. The molecule has 0 saturated carbocycles. The van der Waals surface area contributed by atoms with Crippen LogP contribution >= 0.6 is 0 Å². The highest BCUT2D eigenvalue weighted by Gasteiger charge is 2.26. The Hall–Kier alpha value is -0.120. The molecule has 0 aromatic carbocycles. The minimum atomic E-state index is 0.399. The average Bonchev–Trinajstić information content (AvgIpc) is 2.08. The first-order valence-corrected chi connectivity index (χ1v) is 5.46. The number of likely N-dealkylation sites (N-methyl/N-ethyl adjacent to an activating group) is 2. The van der Waals surface area contributed by atoms with Crippen LogP contribution in [0.5, 0.6) is 0 Å². The molecule has 0 amide bonds. The first-order valence-electron chi connectivity index (χ1n) is 5.46. The van der Waals surface area contributed by atoms with E-state index in [9.17, 15) is 0 Å². The van der Waals surface area contributed by atoms with Gasteiger partial charge in [0.25, 0.3) is 0 Å². The summed E-state index contributed by atoms with van der Waals surface area (Å²) in [5, 5.41) is 3.65. The molecular weight excluding hydrogens is 174 g/mol. The topological polar surface area (TPSA) is 18.5 Å². The van der Waals surface area contributed by atoms with Gasteiger partial charge >= 0.3 is 0 Å². The van der Waals surface area contributed by atoms with Gasteiger partial charge in [-0.15, -0.1) is 0 Å². The maximum atomic E-state index is 3.65. The van der Waals surface area contributed by atoms with Gasteiger partial charge in [0.1, 0.15) is 0 Å². The van der Waals surface area contributed by atoms with Crippen LogP contribution in [0.25, 0.3) is 0 Å². The van der Waals surface area contributed by atoms with Gasteiger partial charge in [0.2, 0.25) is 0 Å². The monoisotopic (exact) mass is 199 g/mol. The summed E-state index contributed by atoms with van der Waals surface area (Å²) in [6.07, 6.45) is 0. The highest BCUT2D eigenvalue weighted by Crippen LogP contribution is 2.18. The summed E-state index contributed by atoms with van der Waals surface area (Å²) in [5.74, 6) is 0. The zero-order valence-electron chi connectivity index (χ0n) is 10.3. The number of nitrogens with zero attached hydrogens (tertiary/aromatic N) is 2. The molecule has 1 rings (SSSR count). The highest BCUT2D eigenvalue weighted by atomic mass is 15.2. The molecule has 1 aliphatic heterocycles. The van der Waals surface area contributed by atoms with Crippen molar-refractivity contribution < 1.29 is 0 Å². The first-order chi connectivity index (χ1) is 6.39. The van der Waals surface area contributed by atoms with Crippen LogP contribution < -0.4 is 5.32 Å². The van der Waals surface area contributed by atoms with Gasteiger partial charge < -0.3 is 15.1 Å². The smallest absolute Gasteiger partial charge is 0.0322 e. The van der Waals surface area contributed by atoms with Crippen LogP contribution in [0.15, 0.2) is 0 Å². The Morgan fingerprint density at radius 3 is 2.64 bits per heavy atom. The third kappa shape index (κ3) is 3.95. The molecule has 0 aromatic rings. The standard InChI is InChI=1S/C11H25N3/c1-11(2)8-12-10(6-13(3)4)7-14(5)9-11/h10,12H,6-9H2,1-5H3. The lowest BCUT2D eigenvalue weighted by Gasteiger charge is -2.25. The van der Waals surface area contributed by atoms with E-state index in [-0.39, 0.29) is 0 Å². The van der Waals surface area contributed by atoms with E-state index in [0.717, 1.165) is 19.6 Å². The Balaban J connectivity index is 2.49. The Bertz CT molecular complexity index is 177. The summed E-state index contributed by atoms with van der Waals surface area (Å²) in [4.78, 5) is 4.69. The van der Waals surface area contributed by atoms with E-state index in [1.54, 1.807) is 0 Å². The zero-order valence-corrected chi connectivity index (χ0v) is 10.3. The van der Waals surface area contributed by atoms with Crippen molar-refractivity contribution in [2.75, 3.05) is 47.3 Å². The van der Waals surface area contributed by atoms with Crippen LogP contribution in [0, 0.1) is 5.41 Å². The Morgan fingerprint density at radius 2 is 2.07 bits per heavy atom. The van der Waals surface area contributed by atoms with E-state index in [0.29, 0.717) is 11.5 Å². The first kappa shape index (κ1) is 12.0. The summed E-state index contributed by atoms with van der Waals surface area (Å²) in [5.41, 5.74) is 0.399. The summed E-state index contributed by atoms with van der Waals surface area (Å²) >= 11 is 0. The van der Waals surface area contributed by atoms with Gasteiger partial charge in [0, 0.05) is 32.2 Å². The fourth-order valence-corrected chi connectivity index (χ4v) is 2.28. The minimum Gasteiger partial charge on any atom is -0.311 e. The molecule has 0 bridgehead atoms. The summed E-state index contributed by atoms with van der Waals surface area (Å²) in [6, 6.07) is 0.608. The second-order valence-electron chi connectivity index (χ2n) is 5.70. The molecule has 0 spiro atoms. The van der Waals surface area contributed by atoms with Crippen molar-refractivity contribution in [2.24, 2.45) is 5.41 Å². The van der Waals surface area contributed by atoms with E-state index in [1.807, 2.05) is 0 Å². The van der Waals surface area contributed by atoms with Gasteiger partial charge in [-0.3, -0.25) is 0 Å². The van der Waals surface area contributed by atoms with Crippen LogP contribution in [0.1, 0.15) is 13.8 Å². The molecule has 1 saturated heterocycles. The molecule has 1 aliphatic rings. The van der Waals surface area contributed by atoms with Gasteiger partial charge in [-0.05, 0) is 26.6 Å². The molecule has 3 nitrogen and oxygen atoms in total. The van der Waals surface area contributed by atoms with Crippen molar-refractivity contribution in [3.05, 3.63) is 0 Å². The average molecular weight is 199 g/mol. The Labute approximate surface area is 88.5 Å². The van der Waals surface area contributed by atoms with Crippen molar-refractivity contribution in [2.45, 2.75) is 19.9 Å². The lowest BCUT2D eigenvalue weighted by Crippen LogP contribution is -2.43. The van der Waals surface area contributed by atoms with E-state index >= 15 is 0 Å². The fourth-order valence-electron chi connectivity index (χ4n) is 2.28. The molecule has 0 aliphatic carbocycles. The van der Waals surface area contributed by atoms with E-state index in [1.165, 1.54) is 6.54 Å². The van der Waals surface area contributed by atoms with E-state index in [2.05, 4.69) is 50.1 Å². The van der Waals surface area contributed by atoms with Crippen molar-refractivity contribution in [3.8, 4) is 0 Å². The minimum absolute atomic E-state index is 0.399.